The number of benzene rings is 1. The van der Waals surface area contributed by atoms with Crippen molar-refractivity contribution in [2.45, 2.75) is 45.3 Å². The highest BCUT2D eigenvalue weighted by molar-refractivity contribution is 5.19. The standard InChI is InChI=1S/C16H22F2O2/c1-2-3-4-5-6-12-10-19-16(20-11-12)13-7-8-14(17)15(18)9-13/h7-9,12,16H,2-6,10-11H2,1H3. The van der Waals surface area contributed by atoms with Crippen LogP contribution in [0.4, 0.5) is 8.78 Å². The predicted octanol–water partition coefficient (Wildman–Crippen LogP) is 4.60. The smallest absolute Gasteiger partial charge is 0.183 e. The van der Waals surface area contributed by atoms with E-state index in [0.29, 0.717) is 24.7 Å². The van der Waals surface area contributed by atoms with Crippen LogP contribution in [-0.4, -0.2) is 13.2 Å². The molecule has 1 aromatic rings. The molecule has 0 aliphatic carbocycles. The normalized spacial score (nSPS) is 22.9. The minimum Gasteiger partial charge on any atom is -0.348 e. The summed E-state index contributed by atoms with van der Waals surface area (Å²) in [5, 5.41) is 0. The largest absolute Gasteiger partial charge is 0.348 e. The Morgan fingerprint density at radius 1 is 1.05 bits per heavy atom. The second-order valence-corrected chi connectivity index (χ2v) is 5.39. The molecule has 0 bridgehead atoms. The van der Waals surface area contributed by atoms with E-state index in [9.17, 15) is 8.78 Å². The average Bonchev–Trinajstić information content (AvgIpc) is 2.47. The quantitative estimate of drug-likeness (QED) is 0.711. The monoisotopic (exact) mass is 284 g/mol. The van der Waals surface area contributed by atoms with E-state index in [1.165, 1.54) is 31.7 Å². The lowest BCUT2D eigenvalue weighted by Crippen LogP contribution is -2.27. The Labute approximate surface area is 119 Å². The molecule has 2 nitrogen and oxygen atoms in total. The van der Waals surface area contributed by atoms with Gasteiger partial charge >= 0.3 is 0 Å². The Kier molecular flexibility index (Phi) is 5.92. The van der Waals surface area contributed by atoms with Crippen LogP contribution in [0.15, 0.2) is 18.2 Å². The summed E-state index contributed by atoms with van der Waals surface area (Å²) in [5.74, 6) is -1.30. The zero-order valence-corrected chi connectivity index (χ0v) is 11.9. The van der Waals surface area contributed by atoms with Crippen molar-refractivity contribution in [3.8, 4) is 0 Å². The average molecular weight is 284 g/mol. The second kappa shape index (κ2) is 7.70. The van der Waals surface area contributed by atoms with Gasteiger partial charge in [0.2, 0.25) is 0 Å². The van der Waals surface area contributed by atoms with Crippen molar-refractivity contribution in [1.29, 1.82) is 0 Å². The lowest BCUT2D eigenvalue weighted by molar-refractivity contribution is -0.206. The van der Waals surface area contributed by atoms with Gasteiger partial charge in [0.15, 0.2) is 17.9 Å². The van der Waals surface area contributed by atoms with Crippen LogP contribution >= 0.6 is 0 Å². The van der Waals surface area contributed by atoms with E-state index in [1.54, 1.807) is 0 Å². The van der Waals surface area contributed by atoms with Crippen molar-refractivity contribution in [2.24, 2.45) is 5.92 Å². The molecule has 2 rings (SSSR count). The fourth-order valence-electron chi connectivity index (χ4n) is 2.42. The summed E-state index contributed by atoms with van der Waals surface area (Å²) in [6.45, 7) is 3.44. The van der Waals surface area contributed by atoms with Gasteiger partial charge in [0.25, 0.3) is 0 Å². The van der Waals surface area contributed by atoms with E-state index in [4.69, 9.17) is 9.47 Å². The maximum absolute atomic E-state index is 13.2. The van der Waals surface area contributed by atoms with Gasteiger partial charge in [-0.2, -0.15) is 0 Å². The van der Waals surface area contributed by atoms with E-state index < -0.39 is 17.9 Å². The molecule has 4 heteroatoms. The molecule has 0 spiro atoms. The van der Waals surface area contributed by atoms with Gasteiger partial charge in [-0.1, -0.05) is 38.7 Å². The van der Waals surface area contributed by atoms with Crippen LogP contribution in [0.25, 0.3) is 0 Å². The van der Waals surface area contributed by atoms with Crippen LogP contribution in [0.2, 0.25) is 0 Å². The Hall–Kier alpha value is -1.00. The topological polar surface area (TPSA) is 18.5 Å². The molecular formula is C16H22F2O2. The first-order valence-electron chi connectivity index (χ1n) is 7.39. The molecule has 1 aliphatic heterocycles. The zero-order valence-electron chi connectivity index (χ0n) is 11.9. The van der Waals surface area contributed by atoms with Gasteiger partial charge in [-0.25, -0.2) is 8.78 Å². The summed E-state index contributed by atoms with van der Waals surface area (Å²) in [4.78, 5) is 0. The Bertz CT molecular complexity index is 415. The molecule has 1 saturated heterocycles. The first-order chi connectivity index (χ1) is 9.70. The Balaban J connectivity index is 1.77. The van der Waals surface area contributed by atoms with Crippen LogP contribution in [-0.2, 0) is 9.47 Å². The van der Waals surface area contributed by atoms with Crippen molar-refractivity contribution in [3.63, 3.8) is 0 Å². The van der Waals surface area contributed by atoms with Crippen LogP contribution in [0.5, 0.6) is 0 Å². The molecule has 0 atom stereocenters. The fourth-order valence-corrected chi connectivity index (χ4v) is 2.42. The lowest BCUT2D eigenvalue weighted by Gasteiger charge is -2.29. The highest BCUT2D eigenvalue weighted by Gasteiger charge is 2.23. The van der Waals surface area contributed by atoms with Crippen molar-refractivity contribution >= 4 is 0 Å². The molecule has 0 radical (unpaired) electrons. The molecule has 1 aromatic carbocycles. The van der Waals surface area contributed by atoms with E-state index in [2.05, 4.69) is 6.92 Å². The van der Waals surface area contributed by atoms with Gasteiger partial charge < -0.3 is 9.47 Å². The minimum absolute atomic E-state index is 0.411. The van der Waals surface area contributed by atoms with Gasteiger partial charge in [-0.3, -0.25) is 0 Å². The number of unbranched alkanes of at least 4 members (excludes halogenated alkanes) is 3. The summed E-state index contributed by atoms with van der Waals surface area (Å²) in [6.07, 6.45) is 5.48. The van der Waals surface area contributed by atoms with Crippen molar-refractivity contribution in [1.82, 2.24) is 0 Å². The highest BCUT2D eigenvalue weighted by Crippen LogP contribution is 2.28. The maximum Gasteiger partial charge on any atom is 0.183 e. The fraction of sp³-hybridized carbons (Fsp3) is 0.625. The first kappa shape index (κ1) is 15.4. The van der Waals surface area contributed by atoms with E-state index in [-0.39, 0.29) is 0 Å². The number of halogens is 2. The second-order valence-electron chi connectivity index (χ2n) is 5.39. The van der Waals surface area contributed by atoms with Gasteiger partial charge in [0.05, 0.1) is 13.2 Å². The van der Waals surface area contributed by atoms with E-state index in [1.807, 2.05) is 0 Å². The maximum atomic E-state index is 13.2. The molecule has 0 N–H and O–H groups in total. The van der Waals surface area contributed by atoms with E-state index >= 15 is 0 Å². The SMILES string of the molecule is CCCCCCC1COC(c2ccc(F)c(F)c2)OC1. The first-order valence-corrected chi connectivity index (χ1v) is 7.39. The molecule has 1 fully saturated rings. The molecule has 1 heterocycles. The molecule has 0 aromatic heterocycles. The van der Waals surface area contributed by atoms with Gasteiger partial charge in [0, 0.05) is 11.5 Å². The highest BCUT2D eigenvalue weighted by atomic mass is 19.2. The van der Waals surface area contributed by atoms with Crippen molar-refractivity contribution in [3.05, 3.63) is 35.4 Å². The predicted molar refractivity (Wildman–Crippen MR) is 73.3 cm³/mol. The Morgan fingerprint density at radius 2 is 1.80 bits per heavy atom. The molecule has 0 saturated carbocycles. The summed E-state index contributed by atoms with van der Waals surface area (Å²) >= 11 is 0. The van der Waals surface area contributed by atoms with Crippen molar-refractivity contribution in [2.75, 3.05) is 13.2 Å². The van der Waals surface area contributed by atoms with Crippen LogP contribution < -0.4 is 0 Å². The molecule has 0 unspecified atom stereocenters. The lowest BCUT2D eigenvalue weighted by atomic mass is 10.0. The van der Waals surface area contributed by atoms with Crippen LogP contribution in [0.1, 0.15) is 50.9 Å². The summed E-state index contributed by atoms with van der Waals surface area (Å²) in [6, 6.07) is 3.75. The van der Waals surface area contributed by atoms with Crippen LogP contribution in [0.3, 0.4) is 0 Å². The molecule has 112 valence electrons. The van der Waals surface area contributed by atoms with Crippen LogP contribution in [0, 0.1) is 17.6 Å². The zero-order chi connectivity index (χ0) is 14.4. The van der Waals surface area contributed by atoms with Gasteiger partial charge in [-0.15, -0.1) is 0 Å². The molecule has 1 aliphatic rings. The number of hydrogen-bond acceptors (Lipinski definition) is 2. The summed E-state index contributed by atoms with van der Waals surface area (Å²) in [5.41, 5.74) is 0.535. The summed E-state index contributed by atoms with van der Waals surface area (Å²) < 4.78 is 37.3. The third-order valence-corrected chi connectivity index (χ3v) is 3.65. The third kappa shape index (κ3) is 4.25. The summed E-state index contributed by atoms with van der Waals surface area (Å²) in [7, 11) is 0. The molecule has 20 heavy (non-hydrogen) atoms. The number of hydrogen-bond donors (Lipinski definition) is 0. The molecule has 0 amide bonds. The minimum atomic E-state index is -0.864. The van der Waals surface area contributed by atoms with Gasteiger partial charge in [-0.05, 0) is 18.6 Å². The number of rotatable bonds is 6. The third-order valence-electron chi connectivity index (χ3n) is 3.65. The number of ether oxygens (including phenoxy) is 2. The van der Waals surface area contributed by atoms with Gasteiger partial charge in [0.1, 0.15) is 0 Å². The Morgan fingerprint density at radius 3 is 2.45 bits per heavy atom. The van der Waals surface area contributed by atoms with Crippen molar-refractivity contribution < 1.29 is 18.3 Å². The molecular weight excluding hydrogens is 262 g/mol. The van der Waals surface area contributed by atoms with E-state index in [0.717, 1.165) is 18.6 Å².